The van der Waals surface area contributed by atoms with Crippen LogP contribution >= 0.6 is 0 Å². The second-order valence-electron chi connectivity index (χ2n) is 4.28. The number of aromatic hydroxyl groups is 2. The fraction of sp³-hybridized carbons (Fsp3) is 0.462. The van der Waals surface area contributed by atoms with Gasteiger partial charge in [0.05, 0.1) is 6.54 Å². The van der Waals surface area contributed by atoms with Crippen molar-refractivity contribution in [3.8, 4) is 11.5 Å². The zero-order valence-corrected chi connectivity index (χ0v) is 10.5. The first-order chi connectivity index (χ1) is 7.95. The van der Waals surface area contributed by atoms with Crippen LogP contribution in [0.4, 0.5) is 0 Å². The molecule has 0 heterocycles. The molecule has 0 atom stereocenters. The molecule has 0 aliphatic heterocycles. The lowest BCUT2D eigenvalue weighted by atomic mass is 10.1. The number of benzene rings is 1. The van der Waals surface area contributed by atoms with E-state index in [9.17, 15) is 15.0 Å². The van der Waals surface area contributed by atoms with Crippen molar-refractivity contribution in [1.29, 1.82) is 0 Å². The zero-order chi connectivity index (χ0) is 13.0. The number of likely N-dealkylation sites (N-methyl/N-ethyl adjacent to an activating group) is 1. The molecule has 0 spiro atoms. The number of rotatable bonds is 5. The van der Waals surface area contributed by atoms with Gasteiger partial charge in [0.25, 0.3) is 0 Å². The van der Waals surface area contributed by atoms with E-state index in [2.05, 4.69) is 0 Å². The van der Waals surface area contributed by atoms with Crippen molar-refractivity contribution in [2.24, 2.45) is 0 Å². The number of carbonyl (C=O) groups is 1. The van der Waals surface area contributed by atoms with Gasteiger partial charge in [0, 0.05) is 11.6 Å². The molecule has 0 aliphatic carbocycles. The highest BCUT2D eigenvalue weighted by molar-refractivity contribution is 5.98. The van der Waals surface area contributed by atoms with Crippen LogP contribution in [0.5, 0.6) is 11.5 Å². The number of phenolic OH excluding ortho intramolecular Hbond substituents is 2. The van der Waals surface area contributed by atoms with E-state index in [4.69, 9.17) is 0 Å². The van der Waals surface area contributed by atoms with Crippen molar-refractivity contribution in [3.05, 3.63) is 23.8 Å². The van der Waals surface area contributed by atoms with Crippen molar-refractivity contribution in [2.75, 3.05) is 13.1 Å². The summed E-state index contributed by atoms with van der Waals surface area (Å²) in [6, 6.07) is 4.45. The Balaban J connectivity index is 2.79. The first-order valence-electron chi connectivity index (χ1n) is 5.75. The third-order valence-electron chi connectivity index (χ3n) is 2.78. The van der Waals surface area contributed by atoms with Gasteiger partial charge in [-0.25, -0.2) is 0 Å². The maximum Gasteiger partial charge on any atom is 0.176 e. The second kappa shape index (κ2) is 5.68. The van der Waals surface area contributed by atoms with E-state index in [0.717, 1.165) is 6.54 Å². The van der Waals surface area contributed by atoms with Crippen LogP contribution in [0.3, 0.4) is 0 Å². The molecule has 0 aliphatic rings. The van der Waals surface area contributed by atoms with Crippen molar-refractivity contribution >= 4 is 5.78 Å². The van der Waals surface area contributed by atoms with Crippen LogP contribution in [0.25, 0.3) is 0 Å². The average molecular weight is 237 g/mol. The van der Waals surface area contributed by atoms with Gasteiger partial charge >= 0.3 is 0 Å². The summed E-state index contributed by atoms with van der Waals surface area (Å²) in [5.74, 6) is -0.531. The fourth-order valence-electron chi connectivity index (χ4n) is 1.63. The molecule has 0 radical (unpaired) electrons. The molecule has 0 bridgehead atoms. The molecule has 2 N–H and O–H groups in total. The third-order valence-corrected chi connectivity index (χ3v) is 2.78. The normalized spacial score (nSPS) is 11.1. The van der Waals surface area contributed by atoms with Gasteiger partial charge in [-0.3, -0.25) is 9.69 Å². The molecule has 0 fully saturated rings. The molecule has 0 saturated heterocycles. The number of phenols is 2. The minimum atomic E-state index is -0.261. The minimum absolute atomic E-state index is 0.0594. The van der Waals surface area contributed by atoms with E-state index in [0.29, 0.717) is 18.2 Å². The van der Waals surface area contributed by atoms with Crippen molar-refractivity contribution in [3.63, 3.8) is 0 Å². The number of ketones is 1. The molecule has 1 aromatic rings. The molecule has 0 aromatic heterocycles. The van der Waals surface area contributed by atoms with Gasteiger partial charge in [-0.2, -0.15) is 0 Å². The predicted octanol–water partition coefficient (Wildman–Crippen LogP) is 2.01. The van der Waals surface area contributed by atoms with Gasteiger partial charge in [-0.05, 0) is 38.6 Å². The summed E-state index contributed by atoms with van der Waals surface area (Å²) >= 11 is 0. The molecule has 0 saturated carbocycles. The number of carbonyl (C=O) groups excluding carboxylic acids is 1. The van der Waals surface area contributed by atoms with Gasteiger partial charge in [0.2, 0.25) is 0 Å². The highest BCUT2D eigenvalue weighted by atomic mass is 16.3. The molecular weight excluding hydrogens is 218 g/mol. The summed E-state index contributed by atoms with van der Waals surface area (Å²) in [5.41, 5.74) is 0.416. The first kappa shape index (κ1) is 13.5. The first-order valence-corrected chi connectivity index (χ1v) is 5.75. The van der Waals surface area contributed by atoms with Crippen molar-refractivity contribution in [2.45, 2.75) is 26.8 Å². The highest BCUT2D eigenvalue weighted by Crippen LogP contribution is 2.25. The zero-order valence-electron chi connectivity index (χ0n) is 10.5. The van der Waals surface area contributed by atoms with Gasteiger partial charge in [-0.1, -0.05) is 6.92 Å². The highest BCUT2D eigenvalue weighted by Gasteiger charge is 2.14. The van der Waals surface area contributed by atoms with Gasteiger partial charge in [0.15, 0.2) is 17.3 Å². The van der Waals surface area contributed by atoms with Crippen LogP contribution in [0.15, 0.2) is 18.2 Å². The van der Waals surface area contributed by atoms with Crippen LogP contribution in [0, 0.1) is 0 Å². The fourth-order valence-corrected chi connectivity index (χ4v) is 1.63. The Kier molecular flexibility index (Phi) is 4.52. The van der Waals surface area contributed by atoms with Crippen LogP contribution in [-0.2, 0) is 0 Å². The lowest BCUT2D eigenvalue weighted by Crippen LogP contribution is -2.35. The number of Topliss-reactive ketones (excluding diaryl/α,β-unsaturated/α-hetero) is 1. The molecule has 4 nitrogen and oxygen atoms in total. The van der Waals surface area contributed by atoms with Crippen LogP contribution in [-0.4, -0.2) is 40.0 Å². The predicted molar refractivity (Wildman–Crippen MR) is 66.5 cm³/mol. The number of hydrogen-bond acceptors (Lipinski definition) is 4. The Morgan fingerprint density at radius 1 is 1.29 bits per heavy atom. The standard InChI is InChI=1S/C13H19NO3/c1-4-14(9(2)3)8-13(17)10-5-6-11(15)12(16)7-10/h5-7,9,15-16H,4,8H2,1-3H3. The molecule has 4 heteroatoms. The average Bonchev–Trinajstić information content (AvgIpc) is 2.28. The topological polar surface area (TPSA) is 60.8 Å². The summed E-state index contributed by atoms with van der Waals surface area (Å²) in [5, 5.41) is 18.5. The monoisotopic (exact) mass is 237 g/mol. The molecule has 1 rings (SSSR count). The van der Waals surface area contributed by atoms with E-state index in [1.807, 2.05) is 25.7 Å². The van der Waals surface area contributed by atoms with E-state index in [1.54, 1.807) is 0 Å². The SMILES string of the molecule is CCN(CC(=O)c1ccc(O)c(O)c1)C(C)C. The largest absolute Gasteiger partial charge is 0.504 e. The van der Waals surface area contributed by atoms with Crippen molar-refractivity contribution in [1.82, 2.24) is 4.90 Å². The third kappa shape index (κ3) is 3.46. The maximum absolute atomic E-state index is 11.9. The molecule has 94 valence electrons. The quantitative estimate of drug-likeness (QED) is 0.607. The Morgan fingerprint density at radius 3 is 2.41 bits per heavy atom. The van der Waals surface area contributed by atoms with Gasteiger partial charge < -0.3 is 10.2 Å². The van der Waals surface area contributed by atoms with E-state index >= 15 is 0 Å². The summed E-state index contributed by atoms with van der Waals surface area (Å²) in [6.45, 7) is 7.18. The lowest BCUT2D eigenvalue weighted by molar-refractivity contribution is 0.0911. The Bertz CT molecular complexity index is 402. The van der Waals surface area contributed by atoms with Crippen LogP contribution in [0.2, 0.25) is 0 Å². The summed E-state index contributed by atoms with van der Waals surface area (Å²) in [4.78, 5) is 14.0. The van der Waals surface area contributed by atoms with Gasteiger partial charge in [-0.15, -0.1) is 0 Å². The Hall–Kier alpha value is -1.55. The smallest absolute Gasteiger partial charge is 0.176 e. The minimum Gasteiger partial charge on any atom is -0.504 e. The van der Waals surface area contributed by atoms with Gasteiger partial charge in [0.1, 0.15) is 0 Å². The van der Waals surface area contributed by atoms with Crippen LogP contribution in [0.1, 0.15) is 31.1 Å². The van der Waals surface area contributed by atoms with Crippen molar-refractivity contribution < 1.29 is 15.0 Å². The summed E-state index contributed by atoms with van der Waals surface area (Å²) in [6.07, 6.45) is 0. The molecule has 0 amide bonds. The van der Waals surface area contributed by atoms with E-state index in [-0.39, 0.29) is 17.3 Å². The summed E-state index contributed by atoms with van der Waals surface area (Å²) in [7, 11) is 0. The lowest BCUT2D eigenvalue weighted by Gasteiger charge is -2.23. The second-order valence-corrected chi connectivity index (χ2v) is 4.28. The molecule has 0 unspecified atom stereocenters. The maximum atomic E-state index is 11.9. The number of nitrogens with zero attached hydrogens (tertiary/aromatic N) is 1. The Morgan fingerprint density at radius 2 is 1.94 bits per heavy atom. The summed E-state index contributed by atoms with van der Waals surface area (Å²) < 4.78 is 0. The number of hydrogen-bond donors (Lipinski definition) is 2. The van der Waals surface area contributed by atoms with E-state index in [1.165, 1.54) is 18.2 Å². The molecule has 1 aromatic carbocycles. The Labute approximate surface area is 101 Å². The van der Waals surface area contributed by atoms with E-state index < -0.39 is 0 Å². The molecule has 17 heavy (non-hydrogen) atoms. The molecular formula is C13H19NO3. The van der Waals surface area contributed by atoms with Crippen LogP contribution < -0.4 is 0 Å².